The maximum Gasteiger partial charge on any atom is 0.0195 e. The fraction of sp³-hybridized carbons (Fsp3) is 1.00. The molecule has 0 amide bonds. The van der Waals surface area contributed by atoms with E-state index in [0.29, 0.717) is 0 Å². The molecule has 2 nitrogen and oxygen atoms in total. The van der Waals surface area contributed by atoms with Gasteiger partial charge in [-0.2, -0.15) is 0 Å². The van der Waals surface area contributed by atoms with Crippen molar-refractivity contribution in [2.24, 2.45) is 5.92 Å². The summed E-state index contributed by atoms with van der Waals surface area (Å²) >= 11 is 0. The molecule has 2 rings (SSSR count). The standard InChI is InChI=1S/C15H30N2/c1-13(2)9-11-17(15-7-3-4-8-15)12-14-6-5-10-16-14/h13-16H,3-12H2,1-2H3/t14-/m1/s1. The van der Waals surface area contributed by atoms with E-state index in [1.807, 2.05) is 0 Å². The number of nitrogens with one attached hydrogen (secondary N) is 1. The van der Waals surface area contributed by atoms with Crippen molar-refractivity contribution in [3.05, 3.63) is 0 Å². The van der Waals surface area contributed by atoms with Crippen LogP contribution < -0.4 is 5.32 Å². The fourth-order valence-corrected chi connectivity index (χ4v) is 3.31. The zero-order valence-electron chi connectivity index (χ0n) is 11.8. The van der Waals surface area contributed by atoms with Crippen LogP contribution in [-0.2, 0) is 0 Å². The molecule has 0 aromatic rings. The quantitative estimate of drug-likeness (QED) is 0.765. The molecule has 2 heteroatoms. The van der Waals surface area contributed by atoms with E-state index in [1.54, 1.807) is 0 Å². The first-order valence-electron chi connectivity index (χ1n) is 7.73. The second-order valence-corrected chi connectivity index (χ2v) is 6.41. The Kier molecular flexibility index (Phi) is 5.30. The van der Waals surface area contributed by atoms with Gasteiger partial charge in [-0.25, -0.2) is 0 Å². The van der Waals surface area contributed by atoms with Crippen LogP contribution >= 0.6 is 0 Å². The van der Waals surface area contributed by atoms with Gasteiger partial charge in [0.2, 0.25) is 0 Å². The first kappa shape index (κ1) is 13.4. The van der Waals surface area contributed by atoms with Crippen LogP contribution in [0.3, 0.4) is 0 Å². The van der Waals surface area contributed by atoms with Crippen molar-refractivity contribution in [3.63, 3.8) is 0 Å². The number of hydrogen-bond acceptors (Lipinski definition) is 2. The van der Waals surface area contributed by atoms with Gasteiger partial charge in [-0.3, -0.25) is 4.90 Å². The molecule has 0 aromatic heterocycles. The van der Waals surface area contributed by atoms with E-state index in [9.17, 15) is 0 Å². The Hall–Kier alpha value is -0.0800. The van der Waals surface area contributed by atoms with E-state index >= 15 is 0 Å². The third-order valence-corrected chi connectivity index (χ3v) is 4.45. The Morgan fingerprint density at radius 2 is 1.88 bits per heavy atom. The molecule has 1 N–H and O–H groups in total. The number of hydrogen-bond donors (Lipinski definition) is 1. The average molecular weight is 238 g/mol. The predicted molar refractivity (Wildman–Crippen MR) is 74.3 cm³/mol. The second kappa shape index (κ2) is 6.75. The maximum atomic E-state index is 3.66. The van der Waals surface area contributed by atoms with Gasteiger partial charge in [0.15, 0.2) is 0 Å². The summed E-state index contributed by atoms with van der Waals surface area (Å²) in [5.41, 5.74) is 0. The van der Waals surface area contributed by atoms with E-state index < -0.39 is 0 Å². The van der Waals surface area contributed by atoms with Gasteiger partial charge in [-0.05, 0) is 51.1 Å². The van der Waals surface area contributed by atoms with Crippen molar-refractivity contribution in [3.8, 4) is 0 Å². The summed E-state index contributed by atoms with van der Waals surface area (Å²) in [6.45, 7) is 8.56. The van der Waals surface area contributed by atoms with E-state index in [4.69, 9.17) is 0 Å². The van der Waals surface area contributed by atoms with Crippen LogP contribution in [0.25, 0.3) is 0 Å². The van der Waals surface area contributed by atoms with Crippen LogP contribution in [0.15, 0.2) is 0 Å². The molecule has 0 bridgehead atoms. The van der Waals surface area contributed by atoms with Crippen molar-refractivity contribution in [1.29, 1.82) is 0 Å². The number of rotatable bonds is 6. The molecule has 2 aliphatic rings. The Bertz CT molecular complexity index is 203. The normalized spacial score (nSPS) is 26.5. The summed E-state index contributed by atoms with van der Waals surface area (Å²) in [4.78, 5) is 2.80. The van der Waals surface area contributed by atoms with Crippen molar-refractivity contribution in [2.45, 2.75) is 70.9 Å². The second-order valence-electron chi connectivity index (χ2n) is 6.41. The summed E-state index contributed by atoms with van der Waals surface area (Å²) in [6.07, 6.45) is 9.96. The predicted octanol–water partition coefficient (Wildman–Crippen LogP) is 3.03. The zero-order valence-corrected chi connectivity index (χ0v) is 11.8. The highest BCUT2D eigenvalue weighted by Gasteiger charge is 2.25. The summed E-state index contributed by atoms with van der Waals surface area (Å²) < 4.78 is 0. The lowest BCUT2D eigenvalue weighted by atomic mass is 10.1. The minimum Gasteiger partial charge on any atom is -0.313 e. The van der Waals surface area contributed by atoms with Crippen LogP contribution in [0.1, 0.15) is 58.8 Å². The molecular weight excluding hydrogens is 208 g/mol. The van der Waals surface area contributed by atoms with E-state index in [0.717, 1.165) is 18.0 Å². The van der Waals surface area contributed by atoms with Gasteiger partial charge in [-0.15, -0.1) is 0 Å². The van der Waals surface area contributed by atoms with E-state index in [-0.39, 0.29) is 0 Å². The van der Waals surface area contributed by atoms with Crippen LogP contribution in [0.5, 0.6) is 0 Å². The molecule has 100 valence electrons. The van der Waals surface area contributed by atoms with Crippen LogP contribution in [0.4, 0.5) is 0 Å². The molecule has 1 aliphatic carbocycles. The van der Waals surface area contributed by atoms with Gasteiger partial charge in [0.1, 0.15) is 0 Å². The highest BCUT2D eigenvalue weighted by atomic mass is 15.2. The van der Waals surface area contributed by atoms with Gasteiger partial charge in [0.25, 0.3) is 0 Å². The van der Waals surface area contributed by atoms with Crippen molar-refractivity contribution in [2.75, 3.05) is 19.6 Å². The third kappa shape index (κ3) is 4.26. The molecule has 1 saturated heterocycles. The molecular formula is C15H30N2. The molecule has 0 radical (unpaired) electrons. The van der Waals surface area contributed by atoms with Crippen molar-refractivity contribution in [1.82, 2.24) is 10.2 Å². The van der Waals surface area contributed by atoms with Crippen LogP contribution in [0.2, 0.25) is 0 Å². The van der Waals surface area contributed by atoms with Gasteiger partial charge < -0.3 is 5.32 Å². The van der Waals surface area contributed by atoms with Crippen molar-refractivity contribution < 1.29 is 0 Å². The first-order valence-corrected chi connectivity index (χ1v) is 7.73. The molecule has 2 fully saturated rings. The lowest BCUT2D eigenvalue weighted by Crippen LogP contribution is -2.43. The monoisotopic (exact) mass is 238 g/mol. The van der Waals surface area contributed by atoms with Crippen LogP contribution in [-0.4, -0.2) is 36.6 Å². The zero-order chi connectivity index (χ0) is 12.1. The Balaban J connectivity index is 1.81. The minimum atomic E-state index is 0.780. The van der Waals surface area contributed by atoms with Gasteiger partial charge in [-0.1, -0.05) is 26.7 Å². The Morgan fingerprint density at radius 3 is 2.47 bits per heavy atom. The molecule has 1 saturated carbocycles. The van der Waals surface area contributed by atoms with Gasteiger partial charge in [0.05, 0.1) is 0 Å². The topological polar surface area (TPSA) is 15.3 Å². The summed E-state index contributed by atoms with van der Waals surface area (Å²) in [5, 5.41) is 3.66. The molecule has 1 aliphatic heterocycles. The fourth-order valence-electron chi connectivity index (χ4n) is 3.31. The largest absolute Gasteiger partial charge is 0.313 e. The highest BCUT2D eigenvalue weighted by Crippen LogP contribution is 2.25. The summed E-state index contributed by atoms with van der Waals surface area (Å²) in [6, 6.07) is 1.68. The molecule has 17 heavy (non-hydrogen) atoms. The minimum absolute atomic E-state index is 0.780. The Morgan fingerprint density at radius 1 is 1.12 bits per heavy atom. The maximum absolute atomic E-state index is 3.66. The van der Waals surface area contributed by atoms with Crippen LogP contribution in [0, 0.1) is 5.92 Å². The SMILES string of the molecule is CC(C)CCN(C[C@H]1CCCN1)C1CCCC1. The van der Waals surface area contributed by atoms with Gasteiger partial charge in [0, 0.05) is 18.6 Å². The third-order valence-electron chi connectivity index (χ3n) is 4.45. The smallest absolute Gasteiger partial charge is 0.0195 e. The molecule has 1 atom stereocenters. The molecule has 0 spiro atoms. The average Bonchev–Trinajstić information content (AvgIpc) is 2.96. The summed E-state index contributed by atoms with van der Waals surface area (Å²) in [7, 11) is 0. The van der Waals surface area contributed by atoms with Gasteiger partial charge >= 0.3 is 0 Å². The highest BCUT2D eigenvalue weighted by molar-refractivity contribution is 4.84. The molecule has 0 unspecified atom stereocenters. The molecule has 1 heterocycles. The summed E-state index contributed by atoms with van der Waals surface area (Å²) in [5.74, 6) is 0.843. The lowest BCUT2D eigenvalue weighted by Gasteiger charge is -2.31. The van der Waals surface area contributed by atoms with E-state index in [2.05, 4.69) is 24.1 Å². The number of nitrogens with zero attached hydrogens (tertiary/aromatic N) is 1. The van der Waals surface area contributed by atoms with E-state index in [1.165, 1.54) is 64.6 Å². The Labute approximate surface area is 107 Å². The van der Waals surface area contributed by atoms with Crippen molar-refractivity contribution >= 4 is 0 Å². The first-order chi connectivity index (χ1) is 8.25. The molecule has 0 aromatic carbocycles. The lowest BCUT2D eigenvalue weighted by molar-refractivity contribution is 0.172.